The second-order valence-electron chi connectivity index (χ2n) is 7.20. The van der Waals surface area contributed by atoms with E-state index in [1.807, 2.05) is 62.4 Å². The highest BCUT2D eigenvalue weighted by molar-refractivity contribution is 9.10. The molecule has 0 fully saturated rings. The highest BCUT2D eigenvalue weighted by atomic mass is 79.9. The Morgan fingerprint density at radius 3 is 2.50 bits per heavy atom. The number of hydrogen-bond acceptors (Lipinski definition) is 4. The van der Waals surface area contributed by atoms with Crippen LogP contribution in [0.25, 0.3) is 0 Å². The van der Waals surface area contributed by atoms with E-state index in [1.165, 1.54) is 5.56 Å². The van der Waals surface area contributed by atoms with Gasteiger partial charge in [-0.25, -0.2) is 10.2 Å². The van der Waals surface area contributed by atoms with E-state index in [0.29, 0.717) is 30.4 Å². The Labute approximate surface area is 196 Å². The van der Waals surface area contributed by atoms with Crippen molar-refractivity contribution in [3.8, 4) is 11.5 Å². The molecule has 6 nitrogen and oxygen atoms in total. The number of nitrogens with one attached hydrogen (secondary N) is 2. The summed E-state index contributed by atoms with van der Waals surface area (Å²) in [7, 11) is 0. The number of urea groups is 1. The van der Waals surface area contributed by atoms with Gasteiger partial charge < -0.3 is 14.8 Å². The van der Waals surface area contributed by atoms with Gasteiger partial charge in [0.15, 0.2) is 11.5 Å². The molecule has 0 radical (unpaired) electrons. The maximum Gasteiger partial charge on any atom is 0.339 e. The SMILES string of the molecule is CCOc1cc(/C=N/NC(=O)Nc2ccc(Br)c(C)c2)ccc1OCc1ccc(C)cc1. The molecule has 32 heavy (non-hydrogen) atoms. The molecule has 3 aromatic rings. The third-order valence-electron chi connectivity index (χ3n) is 4.58. The van der Waals surface area contributed by atoms with E-state index >= 15 is 0 Å². The summed E-state index contributed by atoms with van der Waals surface area (Å²) >= 11 is 3.44. The van der Waals surface area contributed by atoms with Crippen LogP contribution in [0.3, 0.4) is 0 Å². The average Bonchev–Trinajstić information content (AvgIpc) is 2.77. The van der Waals surface area contributed by atoms with Crippen molar-refractivity contribution in [1.82, 2.24) is 5.43 Å². The van der Waals surface area contributed by atoms with Gasteiger partial charge in [-0.3, -0.25) is 0 Å². The fourth-order valence-electron chi connectivity index (χ4n) is 2.88. The quantitative estimate of drug-likeness (QED) is 0.288. The van der Waals surface area contributed by atoms with Gasteiger partial charge in [-0.2, -0.15) is 5.10 Å². The minimum absolute atomic E-state index is 0.425. The van der Waals surface area contributed by atoms with Crippen LogP contribution in [-0.2, 0) is 6.61 Å². The highest BCUT2D eigenvalue weighted by Gasteiger charge is 2.07. The van der Waals surface area contributed by atoms with Gasteiger partial charge in [0.25, 0.3) is 0 Å². The summed E-state index contributed by atoms with van der Waals surface area (Å²) in [6.45, 7) is 6.88. The molecule has 0 spiro atoms. The molecule has 0 atom stereocenters. The lowest BCUT2D eigenvalue weighted by Gasteiger charge is -2.13. The molecule has 3 aromatic carbocycles. The first-order valence-electron chi connectivity index (χ1n) is 10.3. The minimum Gasteiger partial charge on any atom is -0.490 e. The van der Waals surface area contributed by atoms with Gasteiger partial charge in [-0.1, -0.05) is 45.8 Å². The van der Waals surface area contributed by atoms with E-state index in [-0.39, 0.29) is 0 Å². The Hall–Kier alpha value is -3.32. The lowest BCUT2D eigenvalue weighted by Crippen LogP contribution is -2.24. The molecule has 0 aliphatic heterocycles. The second-order valence-corrected chi connectivity index (χ2v) is 8.06. The number of carbonyl (C=O) groups excluding carboxylic acids is 1. The van der Waals surface area contributed by atoms with Gasteiger partial charge >= 0.3 is 6.03 Å². The molecule has 0 aliphatic carbocycles. The summed E-state index contributed by atoms with van der Waals surface area (Å²) in [5, 5.41) is 6.76. The molecule has 3 rings (SSSR count). The topological polar surface area (TPSA) is 72.0 Å². The Balaban J connectivity index is 1.59. The number of ether oxygens (including phenoxy) is 2. The molecule has 0 aromatic heterocycles. The van der Waals surface area contributed by atoms with Gasteiger partial charge in [-0.15, -0.1) is 0 Å². The fraction of sp³-hybridized carbons (Fsp3) is 0.200. The maximum absolute atomic E-state index is 12.1. The number of nitrogens with zero attached hydrogens (tertiary/aromatic N) is 1. The normalized spacial score (nSPS) is 10.8. The predicted octanol–water partition coefficient (Wildman–Crippen LogP) is 6.20. The van der Waals surface area contributed by atoms with Gasteiger partial charge in [0, 0.05) is 10.2 Å². The van der Waals surface area contributed by atoms with E-state index in [4.69, 9.17) is 9.47 Å². The molecule has 7 heteroatoms. The summed E-state index contributed by atoms with van der Waals surface area (Å²) < 4.78 is 12.7. The van der Waals surface area contributed by atoms with Crippen molar-refractivity contribution in [1.29, 1.82) is 0 Å². The van der Waals surface area contributed by atoms with Crippen molar-refractivity contribution in [2.24, 2.45) is 5.10 Å². The van der Waals surface area contributed by atoms with Crippen LogP contribution in [0.1, 0.15) is 29.2 Å². The minimum atomic E-state index is -0.425. The van der Waals surface area contributed by atoms with Crippen LogP contribution >= 0.6 is 15.9 Å². The Bertz CT molecular complexity index is 1100. The fourth-order valence-corrected chi connectivity index (χ4v) is 3.13. The number of benzene rings is 3. The summed E-state index contributed by atoms with van der Waals surface area (Å²) in [5.74, 6) is 1.28. The van der Waals surface area contributed by atoms with E-state index in [0.717, 1.165) is 21.2 Å². The first-order valence-corrected chi connectivity index (χ1v) is 11.1. The standard InChI is InChI=1S/C25H26BrN3O3/c1-4-31-24-14-20(9-12-23(24)32-16-19-7-5-17(2)6-8-19)15-27-29-25(30)28-21-10-11-22(26)18(3)13-21/h5-15H,4,16H2,1-3H3,(H2,28,29,30)/b27-15+. The smallest absolute Gasteiger partial charge is 0.339 e. The van der Waals surface area contributed by atoms with Crippen LogP contribution in [0, 0.1) is 13.8 Å². The Morgan fingerprint density at radius 1 is 1.00 bits per heavy atom. The van der Waals surface area contributed by atoms with E-state index < -0.39 is 6.03 Å². The van der Waals surface area contributed by atoms with Gasteiger partial charge in [-0.05, 0) is 73.9 Å². The van der Waals surface area contributed by atoms with Crippen LogP contribution in [0.5, 0.6) is 11.5 Å². The molecule has 0 saturated heterocycles. The number of anilines is 1. The zero-order chi connectivity index (χ0) is 22.9. The van der Waals surface area contributed by atoms with Crippen molar-refractivity contribution in [3.05, 3.63) is 87.4 Å². The molecule has 0 unspecified atom stereocenters. The van der Waals surface area contributed by atoms with E-state index in [9.17, 15) is 4.79 Å². The zero-order valence-electron chi connectivity index (χ0n) is 18.3. The monoisotopic (exact) mass is 495 g/mol. The first kappa shape index (κ1) is 23.3. The molecular formula is C25H26BrN3O3. The van der Waals surface area contributed by atoms with Crippen molar-refractivity contribution in [2.75, 3.05) is 11.9 Å². The molecule has 2 N–H and O–H groups in total. The summed E-state index contributed by atoms with van der Waals surface area (Å²) in [4.78, 5) is 12.1. The van der Waals surface area contributed by atoms with Gasteiger partial charge in [0.05, 0.1) is 12.8 Å². The van der Waals surface area contributed by atoms with Crippen molar-refractivity contribution >= 4 is 33.9 Å². The lowest BCUT2D eigenvalue weighted by atomic mass is 10.2. The summed E-state index contributed by atoms with van der Waals surface area (Å²) in [5.41, 5.74) is 7.25. The van der Waals surface area contributed by atoms with Crippen molar-refractivity contribution < 1.29 is 14.3 Å². The van der Waals surface area contributed by atoms with Gasteiger partial charge in [0.2, 0.25) is 0 Å². The maximum atomic E-state index is 12.1. The number of hydrazone groups is 1. The second kappa shape index (κ2) is 11.3. The van der Waals surface area contributed by atoms with Crippen molar-refractivity contribution in [3.63, 3.8) is 0 Å². The average molecular weight is 496 g/mol. The number of carbonyl (C=O) groups is 1. The van der Waals surface area contributed by atoms with E-state index in [2.05, 4.69) is 50.8 Å². The zero-order valence-corrected chi connectivity index (χ0v) is 19.9. The molecule has 0 aliphatic rings. The van der Waals surface area contributed by atoms with Crippen LogP contribution in [0.2, 0.25) is 0 Å². The van der Waals surface area contributed by atoms with Crippen molar-refractivity contribution in [2.45, 2.75) is 27.4 Å². The van der Waals surface area contributed by atoms with Crippen LogP contribution in [-0.4, -0.2) is 18.9 Å². The first-order chi connectivity index (χ1) is 15.4. The molecule has 2 amide bonds. The molecule has 0 bridgehead atoms. The third-order valence-corrected chi connectivity index (χ3v) is 5.47. The lowest BCUT2D eigenvalue weighted by molar-refractivity contribution is 0.252. The number of amides is 2. The number of hydrogen-bond donors (Lipinski definition) is 2. The number of halogens is 1. The predicted molar refractivity (Wildman–Crippen MR) is 132 cm³/mol. The largest absolute Gasteiger partial charge is 0.490 e. The summed E-state index contributed by atoms with van der Waals surface area (Å²) in [6, 6.07) is 18.9. The molecule has 0 saturated carbocycles. The number of aryl methyl sites for hydroxylation is 2. The van der Waals surface area contributed by atoms with Gasteiger partial charge in [0.1, 0.15) is 6.61 Å². The van der Waals surface area contributed by atoms with Crippen LogP contribution in [0.4, 0.5) is 10.5 Å². The van der Waals surface area contributed by atoms with Crippen LogP contribution < -0.4 is 20.2 Å². The molecule has 166 valence electrons. The molecular weight excluding hydrogens is 470 g/mol. The Morgan fingerprint density at radius 2 is 1.78 bits per heavy atom. The molecule has 0 heterocycles. The Kier molecular flexibility index (Phi) is 8.27. The van der Waals surface area contributed by atoms with Crippen LogP contribution in [0.15, 0.2) is 70.2 Å². The summed E-state index contributed by atoms with van der Waals surface area (Å²) in [6.07, 6.45) is 1.55. The number of rotatable bonds is 8. The van der Waals surface area contributed by atoms with E-state index in [1.54, 1.807) is 6.21 Å². The third kappa shape index (κ3) is 6.85. The highest BCUT2D eigenvalue weighted by Crippen LogP contribution is 2.29.